The number of rotatable bonds is 18. The second-order valence-electron chi connectivity index (χ2n) is 7.20. The Labute approximate surface area is 141 Å². The summed E-state index contributed by atoms with van der Waals surface area (Å²) in [5.41, 5.74) is 0. The molecule has 0 aromatic rings. The third kappa shape index (κ3) is 16.3. The van der Waals surface area contributed by atoms with Crippen molar-refractivity contribution in [2.45, 2.75) is 123 Å². The minimum absolute atomic E-state index is 0.387. The molecule has 1 nitrogen and oxygen atoms in total. The molecule has 1 heteroatoms. The van der Waals surface area contributed by atoms with E-state index in [-0.39, 0.29) is 0 Å². The third-order valence-corrected chi connectivity index (χ3v) is 4.97. The SMILES string of the molecule is CCCCCCCCCC(CCO)CCCCCCCCC. The predicted octanol–water partition coefficient (Wildman–Crippen LogP) is 7.27. The maximum atomic E-state index is 9.24. The monoisotopic (exact) mass is 312 g/mol. The van der Waals surface area contributed by atoms with Crippen molar-refractivity contribution in [2.24, 2.45) is 5.92 Å². The van der Waals surface area contributed by atoms with E-state index in [1.54, 1.807) is 0 Å². The second kappa shape index (κ2) is 19.0. The molecule has 0 saturated heterocycles. The highest BCUT2D eigenvalue weighted by atomic mass is 16.3. The molecule has 0 saturated carbocycles. The van der Waals surface area contributed by atoms with E-state index >= 15 is 0 Å². The van der Waals surface area contributed by atoms with Gasteiger partial charge in [-0.2, -0.15) is 0 Å². The van der Waals surface area contributed by atoms with Crippen LogP contribution in [0.25, 0.3) is 0 Å². The minimum Gasteiger partial charge on any atom is -0.396 e. The van der Waals surface area contributed by atoms with Crippen LogP contribution in [0.15, 0.2) is 0 Å². The van der Waals surface area contributed by atoms with Crippen LogP contribution in [0.1, 0.15) is 123 Å². The van der Waals surface area contributed by atoms with Gasteiger partial charge >= 0.3 is 0 Å². The normalized spacial score (nSPS) is 11.5. The summed E-state index contributed by atoms with van der Waals surface area (Å²) in [5.74, 6) is 0.788. The molecular weight excluding hydrogens is 268 g/mol. The lowest BCUT2D eigenvalue weighted by molar-refractivity contribution is 0.241. The Morgan fingerprint density at radius 2 is 0.864 bits per heavy atom. The molecule has 0 aliphatic carbocycles. The summed E-state index contributed by atoms with van der Waals surface area (Å²) in [6.45, 7) is 4.95. The Morgan fingerprint density at radius 3 is 1.23 bits per heavy atom. The van der Waals surface area contributed by atoms with Crippen molar-refractivity contribution in [1.29, 1.82) is 0 Å². The molecule has 0 unspecified atom stereocenters. The molecule has 0 aliphatic heterocycles. The van der Waals surface area contributed by atoms with E-state index in [0.29, 0.717) is 6.61 Å². The Bertz CT molecular complexity index is 172. The zero-order chi connectivity index (χ0) is 16.3. The lowest BCUT2D eigenvalue weighted by Crippen LogP contribution is -2.03. The summed E-state index contributed by atoms with van der Waals surface area (Å²) in [7, 11) is 0. The largest absolute Gasteiger partial charge is 0.396 e. The highest BCUT2D eigenvalue weighted by Crippen LogP contribution is 2.21. The number of aliphatic hydroxyl groups excluding tert-OH is 1. The fourth-order valence-electron chi connectivity index (χ4n) is 3.40. The summed E-state index contributed by atoms with van der Waals surface area (Å²) < 4.78 is 0. The number of unbranched alkanes of at least 4 members (excludes halogenated alkanes) is 12. The molecule has 0 bridgehead atoms. The molecule has 0 rings (SSSR count). The topological polar surface area (TPSA) is 20.2 Å². The molecule has 0 spiro atoms. The molecule has 0 heterocycles. The van der Waals surface area contributed by atoms with Crippen LogP contribution in [0.2, 0.25) is 0 Å². The van der Waals surface area contributed by atoms with Crippen molar-refractivity contribution >= 4 is 0 Å². The molecule has 0 radical (unpaired) electrons. The van der Waals surface area contributed by atoms with E-state index in [2.05, 4.69) is 13.8 Å². The Hall–Kier alpha value is -0.0400. The fourth-order valence-corrected chi connectivity index (χ4v) is 3.40. The van der Waals surface area contributed by atoms with E-state index in [1.807, 2.05) is 0 Å². The van der Waals surface area contributed by atoms with Gasteiger partial charge in [-0.1, -0.05) is 117 Å². The van der Waals surface area contributed by atoms with Crippen LogP contribution < -0.4 is 0 Å². The van der Waals surface area contributed by atoms with Gasteiger partial charge in [-0.3, -0.25) is 0 Å². The number of hydrogen-bond donors (Lipinski definition) is 1. The zero-order valence-corrected chi connectivity index (χ0v) is 15.8. The van der Waals surface area contributed by atoms with Crippen molar-refractivity contribution < 1.29 is 5.11 Å². The van der Waals surface area contributed by atoms with Crippen LogP contribution in [-0.2, 0) is 0 Å². The number of hydrogen-bond acceptors (Lipinski definition) is 1. The van der Waals surface area contributed by atoms with Crippen molar-refractivity contribution in [2.75, 3.05) is 6.61 Å². The van der Waals surface area contributed by atoms with Gasteiger partial charge in [-0.15, -0.1) is 0 Å². The highest BCUT2D eigenvalue weighted by Gasteiger charge is 2.07. The molecule has 1 N–H and O–H groups in total. The van der Waals surface area contributed by atoms with E-state index < -0.39 is 0 Å². The van der Waals surface area contributed by atoms with Gasteiger partial charge in [0.1, 0.15) is 0 Å². The highest BCUT2D eigenvalue weighted by molar-refractivity contribution is 4.61. The molecule has 134 valence electrons. The average molecular weight is 313 g/mol. The Balaban J connectivity index is 3.44. The summed E-state index contributed by atoms with van der Waals surface area (Å²) in [5, 5.41) is 9.24. The average Bonchev–Trinajstić information content (AvgIpc) is 2.53. The van der Waals surface area contributed by atoms with Gasteiger partial charge < -0.3 is 5.11 Å². The van der Waals surface area contributed by atoms with E-state index in [4.69, 9.17) is 0 Å². The summed E-state index contributed by atoms with van der Waals surface area (Å²) in [6.07, 6.45) is 23.4. The van der Waals surface area contributed by atoms with Crippen LogP contribution in [0.4, 0.5) is 0 Å². The third-order valence-electron chi connectivity index (χ3n) is 4.97. The second-order valence-corrected chi connectivity index (χ2v) is 7.20. The van der Waals surface area contributed by atoms with Crippen LogP contribution in [0, 0.1) is 5.92 Å². The fraction of sp³-hybridized carbons (Fsp3) is 1.00. The molecule has 0 aromatic carbocycles. The number of aliphatic hydroxyl groups is 1. The molecule has 0 atom stereocenters. The lowest BCUT2D eigenvalue weighted by Gasteiger charge is -2.15. The molecule has 0 fully saturated rings. The van der Waals surface area contributed by atoms with Gasteiger partial charge in [0, 0.05) is 6.61 Å². The summed E-state index contributed by atoms with van der Waals surface area (Å²) in [4.78, 5) is 0. The van der Waals surface area contributed by atoms with Crippen LogP contribution >= 0.6 is 0 Å². The van der Waals surface area contributed by atoms with Gasteiger partial charge in [0.2, 0.25) is 0 Å². The van der Waals surface area contributed by atoms with Crippen molar-refractivity contribution in [3.63, 3.8) is 0 Å². The van der Waals surface area contributed by atoms with Gasteiger partial charge in [0.25, 0.3) is 0 Å². The Morgan fingerprint density at radius 1 is 0.500 bits per heavy atom. The van der Waals surface area contributed by atoms with Crippen LogP contribution in [0.3, 0.4) is 0 Å². The lowest BCUT2D eigenvalue weighted by atomic mass is 9.92. The maximum absolute atomic E-state index is 9.24. The van der Waals surface area contributed by atoms with E-state index in [9.17, 15) is 5.11 Å². The van der Waals surface area contributed by atoms with E-state index in [1.165, 1.54) is 103 Å². The minimum atomic E-state index is 0.387. The smallest absolute Gasteiger partial charge is 0.0433 e. The first-order valence-electron chi connectivity index (χ1n) is 10.5. The summed E-state index contributed by atoms with van der Waals surface area (Å²) in [6, 6.07) is 0. The molecule has 0 aliphatic rings. The van der Waals surface area contributed by atoms with Gasteiger partial charge in [0.05, 0.1) is 0 Å². The maximum Gasteiger partial charge on any atom is 0.0433 e. The first-order chi connectivity index (χ1) is 10.8. The molecular formula is C21H44O. The molecule has 0 amide bonds. The quantitative estimate of drug-likeness (QED) is 0.264. The van der Waals surface area contributed by atoms with Gasteiger partial charge in [-0.05, 0) is 12.3 Å². The zero-order valence-electron chi connectivity index (χ0n) is 15.8. The van der Waals surface area contributed by atoms with Gasteiger partial charge in [0.15, 0.2) is 0 Å². The Kier molecular flexibility index (Phi) is 19.0. The first-order valence-corrected chi connectivity index (χ1v) is 10.5. The van der Waals surface area contributed by atoms with E-state index in [0.717, 1.165) is 12.3 Å². The molecule has 0 aromatic heterocycles. The van der Waals surface area contributed by atoms with Crippen molar-refractivity contribution in [3.05, 3.63) is 0 Å². The summed E-state index contributed by atoms with van der Waals surface area (Å²) >= 11 is 0. The van der Waals surface area contributed by atoms with Crippen molar-refractivity contribution in [1.82, 2.24) is 0 Å². The van der Waals surface area contributed by atoms with Crippen LogP contribution in [0.5, 0.6) is 0 Å². The standard InChI is InChI=1S/C21H44O/c1-3-5-7-9-11-13-15-17-21(19-20-22)18-16-14-12-10-8-6-4-2/h21-22H,3-20H2,1-2H3. The van der Waals surface area contributed by atoms with Crippen LogP contribution in [-0.4, -0.2) is 11.7 Å². The van der Waals surface area contributed by atoms with Gasteiger partial charge in [-0.25, -0.2) is 0 Å². The van der Waals surface area contributed by atoms with Crippen molar-refractivity contribution in [3.8, 4) is 0 Å². The predicted molar refractivity (Wildman–Crippen MR) is 100 cm³/mol. The molecule has 22 heavy (non-hydrogen) atoms. The first kappa shape index (κ1) is 22.0.